The molecule has 1 aliphatic rings. The minimum absolute atomic E-state index is 0.388. The number of aliphatic carboxylic acids is 1. The number of hydrogen-bond acceptors (Lipinski definition) is 2. The van der Waals surface area contributed by atoms with Crippen molar-refractivity contribution in [2.75, 3.05) is 7.11 Å². The summed E-state index contributed by atoms with van der Waals surface area (Å²) in [6.07, 6.45) is 11.5. The summed E-state index contributed by atoms with van der Waals surface area (Å²) in [5, 5.41) is 8.85. The molecule has 0 fully saturated rings. The number of unbranched alkanes of at least 4 members (excludes halogenated alkanes) is 2. The Morgan fingerprint density at radius 2 is 2.00 bits per heavy atom. The van der Waals surface area contributed by atoms with Crippen LogP contribution in [0.2, 0.25) is 0 Å². The highest BCUT2D eigenvalue weighted by Gasteiger charge is 2.27. The minimum Gasteiger partial charge on any atom is -0.481 e. The first-order chi connectivity index (χ1) is 7.63. The van der Waals surface area contributed by atoms with Crippen LogP contribution in [-0.4, -0.2) is 23.8 Å². The zero-order chi connectivity index (χ0) is 12.0. The number of carboxylic acids is 1. The number of hydrogen-bond donors (Lipinski definition) is 1. The van der Waals surface area contributed by atoms with Crippen molar-refractivity contribution < 1.29 is 14.6 Å². The van der Waals surface area contributed by atoms with Gasteiger partial charge in [0.25, 0.3) is 0 Å². The zero-order valence-electron chi connectivity index (χ0n) is 9.98. The maximum atomic E-state index is 10.8. The van der Waals surface area contributed by atoms with Crippen LogP contribution in [0.5, 0.6) is 0 Å². The Kier molecular flexibility index (Phi) is 4.74. The second-order valence-electron chi connectivity index (χ2n) is 4.20. The van der Waals surface area contributed by atoms with Crippen LogP contribution in [0.1, 0.15) is 32.6 Å². The van der Waals surface area contributed by atoms with Gasteiger partial charge in [0.05, 0.1) is 5.92 Å². The molecule has 0 atom stereocenters. The van der Waals surface area contributed by atoms with Crippen LogP contribution in [0.15, 0.2) is 24.3 Å². The van der Waals surface area contributed by atoms with Crippen LogP contribution in [0.4, 0.5) is 0 Å². The third kappa shape index (κ3) is 3.20. The first kappa shape index (κ1) is 13.0. The van der Waals surface area contributed by atoms with Gasteiger partial charge in [-0.1, -0.05) is 44.1 Å². The molecule has 0 spiro atoms. The average molecular weight is 224 g/mol. The molecule has 0 aromatic heterocycles. The van der Waals surface area contributed by atoms with Crippen molar-refractivity contribution in [2.24, 2.45) is 5.92 Å². The Morgan fingerprint density at radius 1 is 1.38 bits per heavy atom. The summed E-state index contributed by atoms with van der Waals surface area (Å²) in [5.74, 6) is -1.32. The monoisotopic (exact) mass is 224 g/mol. The van der Waals surface area contributed by atoms with E-state index in [1.807, 2.05) is 12.2 Å². The standard InChI is InChI=1S/C13H20O3/c1-3-4-5-8-13(16-2)9-6-11(7-10-13)12(14)15/h6-7,9-11H,3-5,8H2,1-2H3,(H,14,15). The van der Waals surface area contributed by atoms with Crippen molar-refractivity contribution >= 4 is 5.97 Å². The number of methoxy groups -OCH3 is 1. The van der Waals surface area contributed by atoms with Crippen molar-refractivity contribution in [1.82, 2.24) is 0 Å². The number of rotatable bonds is 6. The highest BCUT2D eigenvalue weighted by Crippen LogP contribution is 2.27. The highest BCUT2D eigenvalue weighted by molar-refractivity contribution is 5.75. The van der Waals surface area contributed by atoms with Gasteiger partial charge in [0.15, 0.2) is 0 Å². The van der Waals surface area contributed by atoms with Gasteiger partial charge in [-0.15, -0.1) is 0 Å². The molecule has 3 nitrogen and oxygen atoms in total. The van der Waals surface area contributed by atoms with Gasteiger partial charge in [0.2, 0.25) is 0 Å². The quantitative estimate of drug-likeness (QED) is 0.557. The SMILES string of the molecule is CCCCCC1(OC)C=CC(C(=O)O)C=C1. The van der Waals surface area contributed by atoms with Crippen molar-refractivity contribution in [2.45, 2.75) is 38.2 Å². The molecule has 0 heterocycles. The van der Waals surface area contributed by atoms with E-state index in [-0.39, 0.29) is 5.60 Å². The molecular formula is C13H20O3. The van der Waals surface area contributed by atoms with Crippen molar-refractivity contribution in [3.05, 3.63) is 24.3 Å². The van der Waals surface area contributed by atoms with Crippen LogP contribution in [0, 0.1) is 5.92 Å². The lowest BCUT2D eigenvalue weighted by Gasteiger charge is -2.29. The van der Waals surface area contributed by atoms with Gasteiger partial charge in [-0.05, 0) is 12.8 Å². The largest absolute Gasteiger partial charge is 0.481 e. The molecule has 0 radical (unpaired) electrons. The summed E-state index contributed by atoms with van der Waals surface area (Å²) in [4.78, 5) is 10.8. The Bertz CT molecular complexity index is 278. The fourth-order valence-corrected chi connectivity index (χ4v) is 1.87. The molecule has 0 bridgehead atoms. The van der Waals surface area contributed by atoms with Gasteiger partial charge < -0.3 is 9.84 Å². The Morgan fingerprint density at radius 3 is 2.44 bits per heavy atom. The summed E-state index contributed by atoms with van der Waals surface area (Å²) in [6.45, 7) is 2.16. The molecule has 1 N–H and O–H groups in total. The molecular weight excluding hydrogens is 204 g/mol. The molecule has 1 aliphatic carbocycles. The highest BCUT2D eigenvalue weighted by atomic mass is 16.5. The van der Waals surface area contributed by atoms with Crippen molar-refractivity contribution in [3.8, 4) is 0 Å². The van der Waals surface area contributed by atoms with Crippen LogP contribution >= 0.6 is 0 Å². The normalized spacial score (nSPS) is 28.2. The molecule has 0 aromatic carbocycles. The predicted octanol–water partition coefficient (Wildman–Crippen LogP) is 2.78. The van der Waals surface area contributed by atoms with Crippen molar-refractivity contribution in [3.63, 3.8) is 0 Å². The number of carboxylic acid groups (broad SMARTS) is 1. The Labute approximate surface area is 96.8 Å². The average Bonchev–Trinajstić information content (AvgIpc) is 2.30. The fourth-order valence-electron chi connectivity index (χ4n) is 1.87. The topological polar surface area (TPSA) is 46.5 Å². The first-order valence-corrected chi connectivity index (χ1v) is 5.80. The summed E-state index contributed by atoms with van der Waals surface area (Å²) in [5.41, 5.74) is -0.388. The predicted molar refractivity (Wildman–Crippen MR) is 63.3 cm³/mol. The van der Waals surface area contributed by atoms with Crippen LogP contribution in [0.25, 0.3) is 0 Å². The minimum atomic E-state index is -0.814. The van der Waals surface area contributed by atoms with E-state index in [1.54, 1.807) is 19.3 Å². The van der Waals surface area contributed by atoms with Gasteiger partial charge in [-0.3, -0.25) is 4.79 Å². The van der Waals surface area contributed by atoms with E-state index in [4.69, 9.17) is 9.84 Å². The molecule has 0 amide bonds. The summed E-state index contributed by atoms with van der Waals surface area (Å²) in [6, 6.07) is 0. The van der Waals surface area contributed by atoms with E-state index in [0.717, 1.165) is 12.8 Å². The molecule has 90 valence electrons. The molecule has 0 saturated heterocycles. The number of carbonyl (C=O) groups is 1. The van der Waals surface area contributed by atoms with Crippen LogP contribution in [0.3, 0.4) is 0 Å². The van der Waals surface area contributed by atoms with Crippen molar-refractivity contribution in [1.29, 1.82) is 0 Å². The Balaban J connectivity index is 2.60. The molecule has 0 aliphatic heterocycles. The third-order valence-electron chi connectivity index (χ3n) is 3.01. The van der Waals surface area contributed by atoms with Gasteiger partial charge in [-0.25, -0.2) is 0 Å². The van der Waals surface area contributed by atoms with E-state index in [9.17, 15) is 4.79 Å². The van der Waals surface area contributed by atoms with Gasteiger partial charge in [0.1, 0.15) is 5.60 Å². The maximum absolute atomic E-state index is 10.8. The lowest BCUT2D eigenvalue weighted by atomic mass is 9.88. The van der Waals surface area contributed by atoms with E-state index < -0.39 is 11.9 Å². The fraction of sp³-hybridized carbons (Fsp3) is 0.615. The lowest BCUT2D eigenvalue weighted by Crippen LogP contribution is -2.29. The second kappa shape index (κ2) is 5.85. The third-order valence-corrected chi connectivity index (χ3v) is 3.01. The van der Waals surface area contributed by atoms with Crippen LogP contribution < -0.4 is 0 Å². The maximum Gasteiger partial charge on any atom is 0.314 e. The molecule has 1 rings (SSSR count). The molecule has 0 aromatic rings. The molecule has 0 saturated carbocycles. The molecule has 3 heteroatoms. The summed E-state index contributed by atoms with van der Waals surface area (Å²) >= 11 is 0. The molecule has 16 heavy (non-hydrogen) atoms. The number of ether oxygens (including phenoxy) is 1. The zero-order valence-corrected chi connectivity index (χ0v) is 9.98. The second-order valence-corrected chi connectivity index (χ2v) is 4.20. The first-order valence-electron chi connectivity index (χ1n) is 5.80. The van der Waals surface area contributed by atoms with E-state index in [1.165, 1.54) is 12.8 Å². The molecule has 0 unspecified atom stereocenters. The van der Waals surface area contributed by atoms with Gasteiger partial charge in [-0.2, -0.15) is 0 Å². The van der Waals surface area contributed by atoms with E-state index >= 15 is 0 Å². The summed E-state index contributed by atoms with van der Waals surface area (Å²) < 4.78 is 5.49. The van der Waals surface area contributed by atoms with Gasteiger partial charge >= 0.3 is 5.97 Å². The summed E-state index contributed by atoms with van der Waals surface area (Å²) in [7, 11) is 1.67. The van der Waals surface area contributed by atoms with E-state index in [0.29, 0.717) is 0 Å². The van der Waals surface area contributed by atoms with E-state index in [2.05, 4.69) is 6.92 Å². The smallest absolute Gasteiger partial charge is 0.314 e. The van der Waals surface area contributed by atoms with Crippen LogP contribution in [-0.2, 0) is 9.53 Å². The Hall–Kier alpha value is -1.09. The van der Waals surface area contributed by atoms with Gasteiger partial charge in [0, 0.05) is 7.11 Å². The lowest BCUT2D eigenvalue weighted by molar-refractivity contribution is -0.138.